The average molecular weight is 479 g/mol. The van der Waals surface area contributed by atoms with E-state index < -0.39 is 45.6 Å². The molecule has 0 aromatic carbocycles. The number of ether oxygens (including phenoxy) is 1. The number of ketones is 3. The van der Waals surface area contributed by atoms with E-state index in [1.54, 1.807) is 19.9 Å². The van der Waals surface area contributed by atoms with Crippen LogP contribution in [0.5, 0.6) is 0 Å². The molecule has 33 heavy (non-hydrogen) atoms. The van der Waals surface area contributed by atoms with Crippen LogP contribution in [0.15, 0.2) is 23.8 Å². The van der Waals surface area contributed by atoms with Gasteiger partial charge in [0.2, 0.25) is 0 Å². The van der Waals surface area contributed by atoms with Crippen LogP contribution in [0.4, 0.5) is 4.39 Å². The van der Waals surface area contributed by atoms with E-state index >= 15 is 4.39 Å². The van der Waals surface area contributed by atoms with E-state index in [2.05, 4.69) is 0 Å². The zero-order valence-corrected chi connectivity index (χ0v) is 20.3. The molecule has 0 aromatic heterocycles. The van der Waals surface area contributed by atoms with Crippen molar-refractivity contribution in [2.24, 2.45) is 22.7 Å². The minimum atomic E-state index is -2.18. The first-order valence-electron chi connectivity index (χ1n) is 12.0. The molecular formula is C26H32ClFO5. The highest BCUT2D eigenvalue weighted by atomic mass is 35.5. The number of hydrogen-bond acceptors (Lipinski definition) is 5. The molecular weight excluding hydrogens is 447 g/mol. The second kappa shape index (κ2) is 8.14. The summed E-state index contributed by atoms with van der Waals surface area (Å²) in [4.78, 5) is 51.5. The predicted octanol–water partition coefficient (Wildman–Crippen LogP) is 4.85. The molecule has 0 N–H and O–H groups in total. The van der Waals surface area contributed by atoms with Gasteiger partial charge in [-0.15, -0.1) is 11.6 Å². The van der Waals surface area contributed by atoms with Crippen LogP contribution in [0.2, 0.25) is 0 Å². The molecule has 3 fully saturated rings. The van der Waals surface area contributed by atoms with E-state index in [1.807, 2.05) is 6.92 Å². The summed E-state index contributed by atoms with van der Waals surface area (Å²) in [5.74, 6) is -2.96. The molecule has 0 saturated heterocycles. The molecule has 7 heteroatoms. The fourth-order valence-electron chi connectivity index (χ4n) is 7.28. The minimum Gasteiger partial charge on any atom is -0.450 e. The van der Waals surface area contributed by atoms with Crippen molar-refractivity contribution in [2.75, 3.05) is 5.88 Å². The van der Waals surface area contributed by atoms with Crippen molar-refractivity contribution in [3.63, 3.8) is 0 Å². The fraction of sp³-hybridized carbons (Fsp3) is 0.692. The Hall–Kier alpha value is -1.82. The van der Waals surface area contributed by atoms with Crippen LogP contribution >= 0.6 is 11.6 Å². The zero-order chi connectivity index (χ0) is 24.2. The van der Waals surface area contributed by atoms with E-state index in [0.29, 0.717) is 31.3 Å². The van der Waals surface area contributed by atoms with Crippen LogP contribution in [-0.2, 0) is 23.9 Å². The second-order valence-corrected chi connectivity index (χ2v) is 10.9. The van der Waals surface area contributed by atoms with Crippen molar-refractivity contribution < 1.29 is 28.3 Å². The first kappa shape index (κ1) is 24.3. The summed E-state index contributed by atoms with van der Waals surface area (Å²) in [6.07, 6.45) is 7.40. The van der Waals surface area contributed by atoms with E-state index in [9.17, 15) is 19.2 Å². The maximum atomic E-state index is 17.1. The summed E-state index contributed by atoms with van der Waals surface area (Å²) in [5.41, 5.74) is -5.26. The predicted molar refractivity (Wildman–Crippen MR) is 121 cm³/mol. The normalized spacial score (nSPS) is 41.7. The number of esters is 1. The molecule has 0 spiro atoms. The number of Topliss-reactive ketones (excluding diaryl/α,β-unsaturated/α-hetero) is 2. The summed E-state index contributed by atoms with van der Waals surface area (Å²) >= 11 is 5.98. The summed E-state index contributed by atoms with van der Waals surface area (Å²) in [6, 6.07) is 0. The van der Waals surface area contributed by atoms with Gasteiger partial charge in [0.05, 0.1) is 5.88 Å². The van der Waals surface area contributed by atoms with Crippen molar-refractivity contribution in [1.82, 2.24) is 0 Å². The maximum Gasteiger partial charge on any atom is 0.306 e. The van der Waals surface area contributed by atoms with Gasteiger partial charge in [-0.25, -0.2) is 4.39 Å². The topological polar surface area (TPSA) is 77.5 Å². The molecule has 0 aromatic rings. The van der Waals surface area contributed by atoms with Gasteiger partial charge in [0, 0.05) is 29.6 Å². The quantitative estimate of drug-likeness (QED) is 0.403. The number of allylic oxidation sites excluding steroid dienone is 4. The third-order valence-electron chi connectivity index (χ3n) is 9.12. The highest BCUT2D eigenvalue weighted by Crippen LogP contribution is 2.69. The van der Waals surface area contributed by atoms with Crippen LogP contribution in [0, 0.1) is 22.7 Å². The number of carbonyl (C=O) groups excluding carboxylic acids is 4. The molecule has 0 amide bonds. The van der Waals surface area contributed by atoms with Crippen LogP contribution in [-0.4, -0.2) is 40.5 Å². The highest BCUT2D eigenvalue weighted by Gasteiger charge is 2.75. The summed E-state index contributed by atoms with van der Waals surface area (Å²) < 4.78 is 23.0. The van der Waals surface area contributed by atoms with E-state index in [4.69, 9.17) is 16.3 Å². The maximum absolute atomic E-state index is 17.1. The number of hydrogen-bond donors (Lipinski definition) is 0. The van der Waals surface area contributed by atoms with E-state index in [0.717, 1.165) is 6.42 Å². The van der Waals surface area contributed by atoms with Gasteiger partial charge in [-0.1, -0.05) is 31.9 Å². The molecule has 180 valence electrons. The van der Waals surface area contributed by atoms with Gasteiger partial charge in [0.1, 0.15) is 0 Å². The highest BCUT2D eigenvalue weighted by molar-refractivity contribution is 6.29. The molecule has 0 heterocycles. The lowest BCUT2D eigenvalue weighted by Gasteiger charge is -2.59. The van der Waals surface area contributed by atoms with Gasteiger partial charge >= 0.3 is 5.97 Å². The van der Waals surface area contributed by atoms with Crippen molar-refractivity contribution in [3.05, 3.63) is 23.8 Å². The van der Waals surface area contributed by atoms with Crippen LogP contribution in [0.25, 0.3) is 0 Å². The molecule has 4 rings (SSSR count). The molecule has 4 aliphatic rings. The molecule has 6 atom stereocenters. The van der Waals surface area contributed by atoms with Crippen molar-refractivity contribution in [1.29, 1.82) is 0 Å². The van der Waals surface area contributed by atoms with Crippen molar-refractivity contribution >= 4 is 34.9 Å². The monoisotopic (exact) mass is 478 g/mol. The Morgan fingerprint density at radius 2 is 1.94 bits per heavy atom. The third kappa shape index (κ3) is 3.15. The van der Waals surface area contributed by atoms with Gasteiger partial charge in [-0.2, -0.15) is 0 Å². The minimum absolute atomic E-state index is 0.185. The first-order chi connectivity index (χ1) is 15.5. The van der Waals surface area contributed by atoms with Gasteiger partial charge < -0.3 is 4.74 Å². The summed E-state index contributed by atoms with van der Waals surface area (Å²) in [7, 11) is 0. The Morgan fingerprint density at radius 1 is 1.21 bits per heavy atom. The summed E-state index contributed by atoms with van der Waals surface area (Å²) in [6.45, 7) is 5.46. The fourth-order valence-corrected chi connectivity index (χ4v) is 7.50. The van der Waals surface area contributed by atoms with Crippen LogP contribution < -0.4 is 0 Å². The summed E-state index contributed by atoms with van der Waals surface area (Å²) in [5, 5.41) is 0. The molecule has 0 unspecified atom stereocenters. The van der Waals surface area contributed by atoms with E-state index in [1.165, 1.54) is 12.2 Å². The average Bonchev–Trinajstić information content (AvgIpc) is 3.05. The molecule has 4 aliphatic carbocycles. The van der Waals surface area contributed by atoms with Gasteiger partial charge in [-0.3, -0.25) is 19.2 Å². The van der Waals surface area contributed by atoms with Crippen molar-refractivity contribution in [2.45, 2.75) is 83.4 Å². The van der Waals surface area contributed by atoms with Gasteiger partial charge in [0.15, 0.2) is 28.6 Å². The Morgan fingerprint density at radius 3 is 2.61 bits per heavy atom. The number of fused-ring (bicyclic) bond motifs is 5. The van der Waals surface area contributed by atoms with Gasteiger partial charge in [-0.05, 0) is 57.1 Å². The van der Waals surface area contributed by atoms with Crippen LogP contribution in [0.3, 0.4) is 0 Å². The lowest BCUT2D eigenvalue weighted by molar-refractivity contribution is -0.197. The number of halogens is 2. The largest absolute Gasteiger partial charge is 0.450 e. The second-order valence-electron chi connectivity index (χ2n) is 10.6. The molecule has 0 aliphatic heterocycles. The van der Waals surface area contributed by atoms with Crippen LogP contribution in [0.1, 0.15) is 72.1 Å². The number of alkyl halides is 2. The Labute approximate surface area is 199 Å². The Bertz CT molecular complexity index is 972. The Kier molecular flexibility index (Phi) is 6.00. The van der Waals surface area contributed by atoms with Gasteiger partial charge in [0.25, 0.3) is 0 Å². The standard InChI is InChI=1S/C26H32ClFO5/c1-4-5-6-22(32)33-25(21(31)15-27)12-10-18-19-8-7-16-13-17(29)9-11-23(16,2)26(19,28)20(30)14-24(18,25)3/h9,11,13,18-19H,4-8,10,12,14-15H2,1-3H3/t18-,19-,23-,24-,25-,26-/m0/s1. The van der Waals surface area contributed by atoms with Crippen molar-refractivity contribution in [3.8, 4) is 0 Å². The lowest BCUT2D eigenvalue weighted by atomic mass is 9.45. The van der Waals surface area contributed by atoms with E-state index in [-0.39, 0.29) is 36.8 Å². The SMILES string of the molecule is CCCCC(=O)O[C@]1(C(=O)CCl)CC[C@H]2[C@@H]3CCC4=CC(=O)C=C[C@]4(C)[C@@]3(F)C(=O)C[C@@]21C. The number of unbranched alkanes of at least 4 members (excludes halogenated alkanes) is 1. The smallest absolute Gasteiger partial charge is 0.306 e. The molecule has 0 radical (unpaired) electrons. The third-order valence-corrected chi connectivity index (χ3v) is 9.36. The molecule has 5 nitrogen and oxygen atoms in total. The number of rotatable bonds is 6. The Balaban J connectivity index is 1.76. The first-order valence-corrected chi connectivity index (χ1v) is 12.5. The number of carbonyl (C=O) groups is 4. The zero-order valence-electron chi connectivity index (χ0n) is 19.5. The molecule has 3 saturated carbocycles. The molecule has 0 bridgehead atoms. The lowest BCUT2D eigenvalue weighted by Crippen LogP contribution is -2.68.